The van der Waals surface area contributed by atoms with E-state index >= 15 is 0 Å². The van der Waals surface area contributed by atoms with Crippen molar-refractivity contribution in [3.63, 3.8) is 0 Å². The highest BCUT2D eigenvalue weighted by Crippen LogP contribution is 2.27. The number of hydrogen-bond donors (Lipinski definition) is 0. The summed E-state index contributed by atoms with van der Waals surface area (Å²) in [6.07, 6.45) is -0.112. The molecule has 0 N–H and O–H groups in total. The molecule has 1 aromatic carbocycles. The normalized spacial score (nSPS) is 10.6. The topological polar surface area (TPSA) is 35.5 Å². The van der Waals surface area contributed by atoms with Gasteiger partial charge in [0.1, 0.15) is 5.75 Å². The maximum absolute atomic E-state index is 12.4. The molecule has 0 saturated carbocycles. The number of esters is 1. The predicted molar refractivity (Wildman–Crippen MR) is 67.7 cm³/mol. The Morgan fingerprint density at radius 3 is 2.58 bits per heavy atom. The fourth-order valence-corrected chi connectivity index (χ4v) is 1.93. The Labute approximate surface area is 115 Å². The molecule has 0 atom stereocenters. The first-order valence-electron chi connectivity index (χ1n) is 5.76. The maximum Gasteiger partial charge on any atom is 0.387 e. The molecule has 106 valence electrons. The zero-order chi connectivity index (χ0) is 14.4. The number of alkyl halides is 3. The number of carbonyl (C=O) groups excluding carboxylic acids is 1. The molecule has 0 fully saturated rings. The van der Waals surface area contributed by atoms with E-state index in [2.05, 4.69) is 4.74 Å². The summed E-state index contributed by atoms with van der Waals surface area (Å²) in [6, 6.07) is 3.05. The summed E-state index contributed by atoms with van der Waals surface area (Å²) >= 11 is 5.71. The molecule has 0 bridgehead atoms. The van der Waals surface area contributed by atoms with Gasteiger partial charge in [-0.15, -0.1) is 11.6 Å². The standard InChI is InChI=1S/C13H15ClF2O3/c1-3-18-12(17)6-9-4-8(2)10(7-14)5-11(9)19-13(15)16/h4-5,13H,3,6-7H2,1-2H3. The molecule has 0 heterocycles. The van der Waals surface area contributed by atoms with Crippen molar-refractivity contribution in [3.8, 4) is 5.75 Å². The molecule has 0 aliphatic rings. The van der Waals surface area contributed by atoms with Crippen molar-refractivity contribution in [3.05, 3.63) is 28.8 Å². The maximum atomic E-state index is 12.4. The van der Waals surface area contributed by atoms with Crippen molar-refractivity contribution in [1.29, 1.82) is 0 Å². The van der Waals surface area contributed by atoms with Gasteiger partial charge in [0.15, 0.2) is 0 Å². The zero-order valence-electron chi connectivity index (χ0n) is 10.7. The van der Waals surface area contributed by atoms with Crippen LogP contribution in [0.3, 0.4) is 0 Å². The van der Waals surface area contributed by atoms with E-state index in [-0.39, 0.29) is 24.7 Å². The lowest BCUT2D eigenvalue weighted by atomic mass is 10.0. The molecule has 0 aliphatic heterocycles. The van der Waals surface area contributed by atoms with Crippen LogP contribution in [0.5, 0.6) is 5.75 Å². The summed E-state index contributed by atoms with van der Waals surface area (Å²) in [5.41, 5.74) is 1.87. The quantitative estimate of drug-likeness (QED) is 0.595. The second-order valence-electron chi connectivity index (χ2n) is 3.88. The van der Waals surface area contributed by atoms with Gasteiger partial charge >= 0.3 is 12.6 Å². The van der Waals surface area contributed by atoms with Crippen LogP contribution >= 0.6 is 11.6 Å². The van der Waals surface area contributed by atoms with Gasteiger partial charge in [-0.2, -0.15) is 8.78 Å². The smallest absolute Gasteiger partial charge is 0.387 e. The summed E-state index contributed by atoms with van der Waals surface area (Å²) in [4.78, 5) is 11.4. The summed E-state index contributed by atoms with van der Waals surface area (Å²) in [5.74, 6) is -0.338. The molecule has 1 rings (SSSR count). The van der Waals surface area contributed by atoms with Gasteiger partial charge in [0.25, 0.3) is 0 Å². The van der Waals surface area contributed by atoms with Gasteiger partial charge < -0.3 is 9.47 Å². The molecule has 3 nitrogen and oxygen atoms in total. The molecule has 19 heavy (non-hydrogen) atoms. The van der Waals surface area contributed by atoms with Crippen LogP contribution in [0.4, 0.5) is 8.78 Å². The van der Waals surface area contributed by atoms with Crippen LogP contribution in [-0.2, 0) is 21.8 Å². The third-order valence-electron chi connectivity index (χ3n) is 2.52. The molecule has 0 aromatic heterocycles. The van der Waals surface area contributed by atoms with E-state index in [1.165, 1.54) is 6.07 Å². The molecule has 0 saturated heterocycles. The monoisotopic (exact) mass is 292 g/mol. The largest absolute Gasteiger partial charge is 0.466 e. The Kier molecular flexibility index (Phi) is 6.02. The molecule has 1 aromatic rings. The lowest BCUT2D eigenvalue weighted by molar-refractivity contribution is -0.142. The first kappa shape index (κ1) is 15.7. The second kappa shape index (κ2) is 7.28. The minimum absolute atomic E-state index is 0.0377. The highest BCUT2D eigenvalue weighted by atomic mass is 35.5. The zero-order valence-corrected chi connectivity index (χ0v) is 11.5. The third kappa shape index (κ3) is 4.67. The fraction of sp³-hybridized carbons (Fsp3) is 0.462. The van der Waals surface area contributed by atoms with E-state index in [9.17, 15) is 13.6 Å². The molecule has 0 amide bonds. The number of carbonyl (C=O) groups is 1. The number of hydrogen-bond acceptors (Lipinski definition) is 3. The van der Waals surface area contributed by atoms with Gasteiger partial charge in [0, 0.05) is 11.4 Å². The average molecular weight is 293 g/mol. The van der Waals surface area contributed by atoms with E-state index < -0.39 is 12.6 Å². The van der Waals surface area contributed by atoms with Gasteiger partial charge in [-0.25, -0.2) is 0 Å². The van der Waals surface area contributed by atoms with Gasteiger partial charge in [-0.05, 0) is 31.0 Å². The lowest BCUT2D eigenvalue weighted by Crippen LogP contribution is -2.11. The Morgan fingerprint density at radius 2 is 2.05 bits per heavy atom. The minimum atomic E-state index is -2.95. The minimum Gasteiger partial charge on any atom is -0.466 e. The number of benzene rings is 1. The van der Waals surface area contributed by atoms with E-state index in [0.717, 1.165) is 5.56 Å². The van der Waals surface area contributed by atoms with Gasteiger partial charge in [-0.1, -0.05) is 6.07 Å². The molecule has 0 aliphatic carbocycles. The highest BCUT2D eigenvalue weighted by Gasteiger charge is 2.15. The average Bonchev–Trinajstić information content (AvgIpc) is 2.32. The first-order chi connectivity index (χ1) is 8.97. The van der Waals surface area contributed by atoms with Crippen molar-refractivity contribution in [1.82, 2.24) is 0 Å². The second-order valence-corrected chi connectivity index (χ2v) is 4.15. The molecule has 0 unspecified atom stereocenters. The van der Waals surface area contributed by atoms with Gasteiger partial charge in [0.2, 0.25) is 0 Å². The molecular formula is C13H15ClF2O3. The Hall–Kier alpha value is -1.36. The lowest BCUT2D eigenvalue weighted by Gasteiger charge is -2.13. The molecular weight excluding hydrogens is 278 g/mol. The van der Waals surface area contributed by atoms with Crippen LogP contribution in [0.2, 0.25) is 0 Å². The van der Waals surface area contributed by atoms with Gasteiger partial charge in [-0.3, -0.25) is 4.79 Å². The van der Waals surface area contributed by atoms with Crippen molar-refractivity contribution < 1.29 is 23.0 Å². The fourth-order valence-electron chi connectivity index (χ4n) is 1.65. The van der Waals surface area contributed by atoms with E-state index in [4.69, 9.17) is 16.3 Å². The van der Waals surface area contributed by atoms with Crippen LogP contribution < -0.4 is 4.74 Å². The van der Waals surface area contributed by atoms with Crippen LogP contribution in [0.1, 0.15) is 23.6 Å². The summed E-state index contributed by atoms with van der Waals surface area (Å²) in [7, 11) is 0. The Balaban J connectivity index is 3.05. The van der Waals surface area contributed by atoms with Crippen molar-refractivity contribution in [2.75, 3.05) is 6.61 Å². The Morgan fingerprint density at radius 1 is 1.37 bits per heavy atom. The van der Waals surface area contributed by atoms with Crippen LogP contribution in [0.15, 0.2) is 12.1 Å². The van der Waals surface area contributed by atoms with E-state index in [1.54, 1.807) is 19.9 Å². The number of rotatable bonds is 6. The third-order valence-corrected chi connectivity index (χ3v) is 2.81. The first-order valence-corrected chi connectivity index (χ1v) is 6.30. The van der Waals surface area contributed by atoms with Crippen LogP contribution in [0.25, 0.3) is 0 Å². The number of halogens is 3. The number of aryl methyl sites for hydroxylation is 1. The Bertz CT molecular complexity index is 450. The van der Waals surface area contributed by atoms with E-state index in [1.807, 2.05) is 0 Å². The van der Waals surface area contributed by atoms with E-state index in [0.29, 0.717) is 11.1 Å². The summed E-state index contributed by atoms with van der Waals surface area (Å²) in [6.45, 7) is 0.754. The van der Waals surface area contributed by atoms with Crippen molar-refractivity contribution >= 4 is 17.6 Å². The molecule has 6 heteroatoms. The van der Waals surface area contributed by atoms with Crippen molar-refractivity contribution in [2.24, 2.45) is 0 Å². The predicted octanol–water partition coefficient (Wildman–Crippen LogP) is 3.44. The van der Waals surface area contributed by atoms with Crippen LogP contribution in [0, 0.1) is 6.92 Å². The molecule has 0 spiro atoms. The van der Waals surface area contributed by atoms with Crippen LogP contribution in [-0.4, -0.2) is 19.2 Å². The van der Waals surface area contributed by atoms with Gasteiger partial charge in [0.05, 0.1) is 13.0 Å². The molecule has 0 radical (unpaired) electrons. The SMILES string of the molecule is CCOC(=O)Cc1cc(C)c(CCl)cc1OC(F)F. The summed E-state index contributed by atoms with van der Waals surface area (Å²) in [5, 5.41) is 0. The summed E-state index contributed by atoms with van der Waals surface area (Å²) < 4.78 is 33.9. The number of ether oxygens (including phenoxy) is 2. The van der Waals surface area contributed by atoms with Crippen molar-refractivity contribution in [2.45, 2.75) is 32.8 Å². The highest BCUT2D eigenvalue weighted by molar-refractivity contribution is 6.17.